The molecule has 1 atom stereocenters. The summed E-state index contributed by atoms with van der Waals surface area (Å²) in [7, 11) is 0. The maximum atomic E-state index is 6.24. The number of nitrogens with zero attached hydrogens (tertiary/aromatic N) is 1. The number of hydrogen-bond acceptors (Lipinski definition) is 2. The summed E-state index contributed by atoms with van der Waals surface area (Å²) in [5, 5.41) is 1.19. The van der Waals surface area contributed by atoms with Gasteiger partial charge in [-0.15, -0.1) is 0 Å². The molecule has 1 aliphatic heterocycles. The van der Waals surface area contributed by atoms with Gasteiger partial charge in [0.25, 0.3) is 0 Å². The fraction of sp³-hybridized carbons (Fsp3) is 0.600. The van der Waals surface area contributed by atoms with Crippen molar-refractivity contribution in [3.8, 4) is 0 Å². The zero-order valence-corrected chi connectivity index (χ0v) is 12.9. The molecule has 1 heterocycles. The lowest BCUT2D eigenvalue weighted by Gasteiger charge is -2.31. The van der Waals surface area contributed by atoms with Gasteiger partial charge in [0.05, 0.1) is 10.0 Å². The number of benzene rings is 1. The minimum atomic E-state index is -0.0365. The Morgan fingerprint density at radius 3 is 2.68 bits per heavy atom. The van der Waals surface area contributed by atoms with Crippen LogP contribution in [0.25, 0.3) is 0 Å². The van der Waals surface area contributed by atoms with Crippen LogP contribution in [0.3, 0.4) is 0 Å². The molecule has 0 radical (unpaired) electrons. The van der Waals surface area contributed by atoms with Gasteiger partial charge in [0.1, 0.15) is 0 Å². The third kappa shape index (κ3) is 4.09. The summed E-state index contributed by atoms with van der Waals surface area (Å²) in [5.41, 5.74) is 7.20. The average Bonchev–Trinajstić information content (AvgIpc) is 2.41. The van der Waals surface area contributed by atoms with E-state index in [1.807, 2.05) is 12.1 Å². The standard InChI is InChI=1S/C15H22Cl2N2/c1-11-5-8-19(9-6-11)10-7-14(18)12-3-2-4-13(16)15(12)17/h2-4,11,14H,5-10,18H2,1H3. The molecule has 2 N–H and O–H groups in total. The maximum absolute atomic E-state index is 6.24. The molecule has 0 spiro atoms. The van der Waals surface area contributed by atoms with Crippen LogP contribution in [0.5, 0.6) is 0 Å². The van der Waals surface area contributed by atoms with E-state index < -0.39 is 0 Å². The zero-order valence-electron chi connectivity index (χ0n) is 11.4. The van der Waals surface area contributed by atoms with Crippen LogP contribution in [0.2, 0.25) is 10.0 Å². The van der Waals surface area contributed by atoms with E-state index in [0.29, 0.717) is 10.0 Å². The highest BCUT2D eigenvalue weighted by Gasteiger charge is 2.18. The molecule has 0 amide bonds. The average molecular weight is 301 g/mol. The number of halogens is 2. The van der Waals surface area contributed by atoms with Gasteiger partial charge in [-0.1, -0.05) is 42.3 Å². The fourth-order valence-electron chi connectivity index (χ4n) is 2.57. The Balaban J connectivity index is 1.87. The van der Waals surface area contributed by atoms with E-state index in [2.05, 4.69) is 11.8 Å². The van der Waals surface area contributed by atoms with Gasteiger partial charge in [0.15, 0.2) is 0 Å². The van der Waals surface area contributed by atoms with Crippen LogP contribution in [-0.4, -0.2) is 24.5 Å². The van der Waals surface area contributed by atoms with E-state index in [4.69, 9.17) is 28.9 Å². The largest absolute Gasteiger partial charge is 0.324 e. The number of piperidine rings is 1. The summed E-state index contributed by atoms with van der Waals surface area (Å²) in [6.45, 7) is 5.75. The Hall–Kier alpha value is -0.280. The van der Waals surface area contributed by atoms with Crippen molar-refractivity contribution in [1.29, 1.82) is 0 Å². The van der Waals surface area contributed by atoms with Crippen LogP contribution in [-0.2, 0) is 0 Å². The Morgan fingerprint density at radius 1 is 1.32 bits per heavy atom. The Bertz CT molecular complexity index is 415. The van der Waals surface area contributed by atoms with Gasteiger partial charge in [-0.3, -0.25) is 0 Å². The van der Waals surface area contributed by atoms with Crippen LogP contribution in [0.4, 0.5) is 0 Å². The highest BCUT2D eigenvalue weighted by atomic mass is 35.5. The molecular formula is C15H22Cl2N2. The van der Waals surface area contributed by atoms with E-state index >= 15 is 0 Å². The second-order valence-electron chi connectivity index (χ2n) is 5.56. The number of hydrogen-bond donors (Lipinski definition) is 1. The molecule has 1 aliphatic rings. The van der Waals surface area contributed by atoms with Crippen molar-refractivity contribution in [2.75, 3.05) is 19.6 Å². The van der Waals surface area contributed by atoms with Crippen molar-refractivity contribution in [2.24, 2.45) is 11.7 Å². The monoisotopic (exact) mass is 300 g/mol. The van der Waals surface area contributed by atoms with Crippen LogP contribution in [0, 0.1) is 5.92 Å². The van der Waals surface area contributed by atoms with Gasteiger partial charge in [-0.2, -0.15) is 0 Å². The van der Waals surface area contributed by atoms with Crippen LogP contribution in [0.15, 0.2) is 18.2 Å². The van der Waals surface area contributed by atoms with Gasteiger partial charge in [-0.05, 0) is 56.4 Å². The van der Waals surface area contributed by atoms with Crippen molar-refractivity contribution in [3.05, 3.63) is 33.8 Å². The molecule has 2 rings (SSSR count). The molecule has 0 saturated carbocycles. The molecule has 1 unspecified atom stereocenters. The van der Waals surface area contributed by atoms with Crippen molar-refractivity contribution in [1.82, 2.24) is 4.90 Å². The highest BCUT2D eigenvalue weighted by molar-refractivity contribution is 6.42. The third-order valence-electron chi connectivity index (χ3n) is 4.01. The molecule has 0 aliphatic carbocycles. The molecule has 4 heteroatoms. The molecule has 1 saturated heterocycles. The minimum Gasteiger partial charge on any atom is -0.324 e. The van der Waals surface area contributed by atoms with Crippen LogP contribution >= 0.6 is 23.2 Å². The summed E-state index contributed by atoms with van der Waals surface area (Å²) in [6, 6.07) is 5.64. The van der Waals surface area contributed by atoms with E-state index in [9.17, 15) is 0 Å². The van der Waals surface area contributed by atoms with Gasteiger partial charge in [-0.25, -0.2) is 0 Å². The second-order valence-corrected chi connectivity index (χ2v) is 6.35. The first-order valence-electron chi connectivity index (χ1n) is 6.99. The van der Waals surface area contributed by atoms with Crippen molar-refractivity contribution < 1.29 is 0 Å². The smallest absolute Gasteiger partial charge is 0.0640 e. The molecular weight excluding hydrogens is 279 g/mol. The molecule has 2 nitrogen and oxygen atoms in total. The third-order valence-corrected chi connectivity index (χ3v) is 4.85. The molecule has 106 valence electrons. The molecule has 1 aromatic carbocycles. The Labute approximate surface area is 125 Å². The number of rotatable bonds is 4. The highest BCUT2D eigenvalue weighted by Crippen LogP contribution is 2.30. The summed E-state index contributed by atoms with van der Waals surface area (Å²) >= 11 is 12.2. The van der Waals surface area contributed by atoms with Crippen molar-refractivity contribution in [2.45, 2.75) is 32.2 Å². The Morgan fingerprint density at radius 2 is 2.00 bits per heavy atom. The summed E-state index contributed by atoms with van der Waals surface area (Å²) in [6.07, 6.45) is 3.52. The van der Waals surface area contributed by atoms with Gasteiger partial charge in [0.2, 0.25) is 0 Å². The second kappa shape index (κ2) is 6.94. The lowest BCUT2D eigenvalue weighted by molar-refractivity contribution is 0.187. The van der Waals surface area contributed by atoms with Gasteiger partial charge >= 0.3 is 0 Å². The van der Waals surface area contributed by atoms with Crippen molar-refractivity contribution in [3.63, 3.8) is 0 Å². The normalized spacial score (nSPS) is 19.6. The molecule has 1 aromatic rings. The summed E-state index contributed by atoms with van der Waals surface area (Å²) in [4.78, 5) is 2.50. The lowest BCUT2D eigenvalue weighted by atomic mass is 9.98. The number of likely N-dealkylation sites (tertiary alicyclic amines) is 1. The van der Waals surface area contributed by atoms with E-state index in [-0.39, 0.29) is 6.04 Å². The van der Waals surface area contributed by atoms with Crippen molar-refractivity contribution >= 4 is 23.2 Å². The lowest BCUT2D eigenvalue weighted by Crippen LogP contribution is -2.34. The van der Waals surface area contributed by atoms with Crippen LogP contribution in [0.1, 0.15) is 37.8 Å². The zero-order chi connectivity index (χ0) is 13.8. The van der Waals surface area contributed by atoms with E-state index in [0.717, 1.165) is 24.4 Å². The van der Waals surface area contributed by atoms with E-state index in [1.165, 1.54) is 25.9 Å². The number of nitrogens with two attached hydrogens (primary N) is 1. The fourth-order valence-corrected chi connectivity index (χ4v) is 3.02. The van der Waals surface area contributed by atoms with Crippen LogP contribution < -0.4 is 5.73 Å². The predicted molar refractivity (Wildman–Crippen MR) is 82.8 cm³/mol. The predicted octanol–water partition coefficient (Wildman–Crippen LogP) is 4.12. The topological polar surface area (TPSA) is 29.3 Å². The first-order valence-corrected chi connectivity index (χ1v) is 7.75. The molecule has 1 fully saturated rings. The molecule has 0 aromatic heterocycles. The quantitative estimate of drug-likeness (QED) is 0.906. The molecule has 0 bridgehead atoms. The van der Waals surface area contributed by atoms with Gasteiger partial charge < -0.3 is 10.6 Å². The van der Waals surface area contributed by atoms with E-state index in [1.54, 1.807) is 6.07 Å². The minimum absolute atomic E-state index is 0.0365. The Kier molecular flexibility index (Phi) is 5.52. The summed E-state index contributed by atoms with van der Waals surface area (Å²) < 4.78 is 0. The SMILES string of the molecule is CC1CCN(CCC(N)c2cccc(Cl)c2Cl)CC1. The first-order chi connectivity index (χ1) is 9.08. The van der Waals surface area contributed by atoms with Gasteiger partial charge in [0, 0.05) is 6.04 Å². The molecule has 19 heavy (non-hydrogen) atoms. The first kappa shape index (κ1) is 15.1. The summed E-state index contributed by atoms with van der Waals surface area (Å²) in [5.74, 6) is 0.868. The maximum Gasteiger partial charge on any atom is 0.0640 e.